The molecule has 0 aliphatic carbocycles. The van der Waals surface area contributed by atoms with Crippen LogP contribution in [0, 0.1) is 11.6 Å². The lowest BCUT2D eigenvalue weighted by atomic mass is 10.2. The second kappa shape index (κ2) is 7.17. The summed E-state index contributed by atoms with van der Waals surface area (Å²) >= 11 is 3.18. The van der Waals surface area contributed by atoms with E-state index in [4.69, 9.17) is 0 Å². The van der Waals surface area contributed by atoms with E-state index in [1.165, 1.54) is 24.3 Å². The van der Waals surface area contributed by atoms with Gasteiger partial charge in [-0.05, 0) is 42.5 Å². The van der Waals surface area contributed by atoms with Crippen LogP contribution in [0.25, 0.3) is 0 Å². The molecular formula is C17H16BrF2N3O. The molecule has 1 heterocycles. The van der Waals surface area contributed by atoms with Gasteiger partial charge in [-0.1, -0.05) is 15.9 Å². The molecule has 0 atom stereocenters. The van der Waals surface area contributed by atoms with Gasteiger partial charge in [0.1, 0.15) is 11.6 Å². The molecule has 1 saturated heterocycles. The maximum atomic E-state index is 13.8. The average Bonchev–Trinajstić information content (AvgIpc) is 2.58. The summed E-state index contributed by atoms with van der Waals surface area (Å²) in [5.41, 5.74) is 1.08. The lowest BCUT2D eigenvalue weighted by Crippen LogP contribution is -2.50. The lowest BCUT2D eigenvalue weighted by Gasteiger charge is -2.36. The Bertz CT molecular complexity index is 731. The molecule has 0 spiro atoms. The summed E-state index contributed by atoms with van der Waals surface area (Å²) < 4.78 is 27.4. The molecule has 1 aliphatic rings. The molecule has 2 amide bonds. The summed E-state index contributed by atoms with van der Waals surface area (Å²) in [6.45, 7) is 2.31. The van der Waals surface area contributed by atoms with Crippen molar-refractivity contribution in [2.75, 3.05) is 36.4 Å². The SMILES string of the molecule is O=C(Nc1ccc(Br)cc1F)N1CCN(c2ccc(F)cc2)CC1. The van der Waals surface area contributed by atoms with Crippen molar-refractivity contribution in [3.8, 4) is 0 Å². The monoisotopic (exact) mass is 395 g/mol. The van der Waals surface area contributed by atoms with Crippen molar-refractivity contribution in [2.45, 2.75) is 0 Å². The van der Waals surface area contributed by atoms with E-state index < -0.39 is 5.82 Å². The summed E-state index contributed by atoms with van der Waals surface area (Å²) in [6, 6.07) is 10.5. The van der Waals surface area contributed by atoms with Gasteiger partial charge < -0.3 is 15.1 Å². The Kier molecular flexibility index (Phi) is 4.99. The van der Waals surface area contributed by atoms with Gasteiger partial charge in [-0.3, -0.25) is 0 Å². The van der Waals surface area contributed by atoms with Crippen LogP contribution < -0.4 is 10.2 Å². The number of benzene rings is 2. The van der Waals surface area contributed by atoms with E-state index in [1.807, 2.05) is 0 Å². The van der Waals surface area contributed by atoms with Crippen LogP contribution in [0.3, 0.4) is 0 Å². The smallest absolute Gasteiger partial charge is 0.322 e. The van der Waals surface area contributed by atoms with Gasteiger partial charge in [0.15, 0.2) is 0 Å². The Morgan fingerprint density at radius 1 is 1.00 bits per heavy atom. The molecule has 24 heavy (non-hydrogen) atoms. The lowest BCUT2D eigenvalue weighted by molar-refractivity contribution is 0.208. The molecule has 1 aliphatic heterocycles. The molecule has 0 saturated carbocycles. The van der Waals surface area contributed by atoms with Gasteiger partial charge in [-0.25, -0.2) is 13.6 Å². The highest BCUT2D eigenvalue weighted by molar-refractivity contribution is 9.10. The molecular weight excluding hydrogens is 380 g/mol. The number of nitrogens with one attached hydrogen (secondary N) is 1. The standard InChI is InChI=1S/C17H16BrF2N3O/c18-12-1-6-16(15(20)11-12)21-17(24)23-9-7-22(8-10-23)14-4-2-13(19)3-5-14/h1-6,11H,7-10H2,(H,21,24). The predicted molar refractivity (Wildman–Crippen MR) is 93.3 cm³/mol. The third-order valence-corrected chi connectivity index (χ3v) is 4.42. The number of rotatable bonds is 2. The third kappa shape index (κ3) is 3.84. The maximum Gasteiger partial charge on any atom is 0.322 e. The Labute approximate surface area is 147 Å². The number of nitrogens with zero attached hydrogens (tertiary/aromatic N) is 2. The van der Waals surface area contributed by atoms with Crippen LogP contribution in [0.1, 0.15) is 0 Å². The topological polar surface area (TPSA) is 35.6 Å². The molecule has 3 rings (SSSR count). The molecule has 4 nitrogen and oxygen atoms in total. The van der Waals surface area contributed by atoms with Gasteiger partial charge in [0, 0.05) is 36.3 Å². The number of carbonyl (C=O) groups excluding carboxylic acids is 1. The van der Waals surface area contributed by atoms with Crippen molar-refractivity contribution >= 4 is 33.3 Å². The van der Waals surface area contributed by atoms with E-state index in [0.29, 0.717) is 30.7 Å². The second-order valence-electron chi connectivity index (χ2n) is 5.50. The number of halogens is 3. The number of urea groups is 1. The molecule has 1 fully saturated rings. The van der Waals surface area contributed by atoms with Gasteiger partial charge in [-0.2, -0.15) is 0 Å². The molecule has 2 aromatic rings. The fraction of sp³-hybridized carbons (Fsp3) is 0.235. The Hall–Kier alpha value is -2.15. The number of hydrogen-bond acceptors (Lipinski definition) is 2. The zero-order chi connectivity index (χ0) is 17.1. The third-order valence-electron chi connectivity index (χ3n) is 3.93. The average molecular weight is 396 g/mol. The number of amides is 2. The van der Waals surface area contributed by atoms with E-state index in [9.17, 15) is 13.6 Å². The number of anilines is 2. The Morgan fingerprint density at radius 3 is 2.29 bits per heavy atom. The molecule has 126 valence electrons. The molecule has 0 aromatic heterocycles. The van der Waals surface area contributed by atoms with E-state index in [-0.39, 0.29) is 17.5 Å². The molecule has 7 heteroatoms. The summed E-state index contributed by atoms with van der Waals surface area (Å²) in [4.78, 5) is 16.0. The van der Waals surface area contributed by atoms with E-state index in [1.54, 1.807) is 23.1 Å². The molecule has 0 bridgehead atoms. The summed E-state index contributed by atoms with van der Waals surface area (Å²) in [6.07, 6.45) is 0. The minimum absolute atomic E-state index is 0.157. The molecule has 2 aromatic carbocycles. The minimum Gasteiger partial charge on any atom is -0.368 e. The minimum atomic E-state index is -0.484. The largest absolute Gasteiger partial charge is 0.368 e. The van der Waals surface area contributed by atoms with Crippen molar-refractivity contribution in [1.82, 2.24) is 4.90 Å². The van der Waals surface area contributed by atoms with Gasteiger partial charge in [0.25, 0.3) is 0 Å². The second-order valence-corrected chi connectivity index (χ2v) is 6.42. The van der Waals surface area contributed by atoms with Gasteiger partial charge >= 0.3 is 6.03 Å². The number of hydrogen-bond donors (Lipinski definition) is 1. The van der Waals surface area contributed by atoms with Crippen LogP contribution >= 0.6 is 15.9 Å². The first-order valence-electron chi connectivity index (χ1n) is 7.54. The summed E-state index contributed by atoms with van der Waals surface area (Å²) in [5, 5.41) is 2.59. The zero-order valence-corrected chi connectivity index (χ0v) is 14.4. The number of piperazine rings is 1. The van der Waals surface area contributed by atoms with Crippen LogP contribution in [0.4, 0.5) is 25.0 Å². The van der Waals surface area contributed by atoms with Gasteiger partial charge in [-0.15, -0.1) is 0 Å². The molecule has 0 unspecified atom stereocenters. The summed E-state index contributed by atoms with van der Waals surface area (Å²) in [5.74, 6) is -0.754. The highest BCUT2D eigenvalue weighted by Gasteiger charge is 2.22. The summed E-state index contributed by atoms with van der Waals surface area (Å²) in [7, 11) is 0. The highest BCUT2D eigenvalue weighted by Crippen LogP contribution is 2.21. The maximum absolute atomic E-state index is 13.8. The molecule has 1 N–H and O–H groups in total. The normalized spacial score (nSPS) is 14.6. The predicted octanol–water partition coefficient (Wildman–Crippen LogP) is 4.08. The van der Waals surface area contributed by atoms with E-state index in [2.05, 4.69) is 26.1 Å². The van der Waals surface area contributed by atoms with Crippen molar-refractivity contribution in [1.29, 1.82) is 0 Å². The van der Waals surface area contributed by atoms with Crippen molar-refractivity contribution in [3.63, 3.8) is 0 Å². The first-order chi connectivity index (χ1) is 11.5. The Morgan fingerprint density at radius 2 is 1.67 bits per heavy atom. The first kappa shape index (κ1) is 16.7. The van der Waals surface area contributed by atoms with Gasteiger partial charge in [0.05, 0.1) is 5.69 Å². The van der Waals surface area contributed by atoms with Crippen molar-refractivity contribution in [3.05, 3.63) is 58.6 Å². The quantitative estimate of drug-likeness (QED) is 0.831. The fourth-order valence-corrected chi connectivity index (χ4v) is 2.94. The number of carbonyl (C=O) groups is 1. The van der Waals surface area contributed by atoms with Crippen LogP contribution in [0.5, 0.6) is 0 Å². The Balaban J connectivity index is 1.58. The fourth-order valence-electron chi connectivity index (χ4n) is 2.60. The van der Waals surface area contributed by atoms with E-state index >= 15 is 0 Å². The van der Waals surface area contributed by atoms with Crippen molar-refractivity contribution in [2.24, 2.45) is 0 Å². The van der Waals surface area contributed by atoms with Crippen LogP contribution in [0.2, 0.25) is 0 Å². The zero-order valence-electron chi connectivity index (χ0n) is 12.8. The van der Waals surface area contributed by atoms with Crippen LogP contribution in [0.15, 0.2) is 46.9 Å². The first-order valence-corrected chi connectivity index (χ1v) is 8.34. The van der Waals surface area contributed by atoms with E-state index in [0.717, 1.165) is 5.69 Å². The van der Waals surface area contributed by atoms with Gasteiger partial charge in [0.2, 0.25) is 0 Å². The highest BCUT2D eigenvalue weighted by atomic mass is 79.9. The molecule has 0 radical (unpaired) electrons. The van der Waals surface area contributed by atoms with Crippen LogP contribution in [-0.4, -0.2) is 37.1 Å². The van der Waals surface area contributed by atoms with Crippen LogP contribution in [-0.2, 0) is 0 Å². The van der Waals surface area contributed by atoms with Crippen molar-refractivity contribution < 1.29 is 13.6 Å².